The van der Waals surface area contributed by atoms with E-state index < -0.39 is 0 Å². The van der Waals surface area contributed by atoms with Crippen LogP contribution in [0.4, 0.5) is 0 Å². The number of nitrogens with zero attached hydrogens (tertiary/aromatic N) is 2. The summed E-state index contributed by atoms with van der Waals surface area (Å²) in [7, 11) is 2.26. The summed E-state index contributed by atoms with van der Waals surface area (Å²) in [5.74, 6) is 1.88. The SMILES string of the molecule is CCC1C2CNCC2CN1C1CCN(C)C1. The largest absolute Gasteiger partial charge is 0.316 e. The molecule has 0 aromatic heterocycles. The maximum absolute atomic E-state index is 3.57. The normalized spacial score (nSPS) is 45.4. The Labute approximate surface area is 99.2 Å². The molecule has 3 fully saturated rings. The Hall–Kier alpha value is -0.120. The van der Waals surface area contributed by atoms with Gasteiger partial charge in [0, 0.05) is 25.2 Å². The molecule has 4 atom stereocenters. The number of likely N-dealkylation sites (tertiary alicyclic amines) is 2. The van der Waals surface area contributed by atoms with Crippen molar-refractivity contribution in [2.24, 2.45) is 11.8 Å². The summed E-state index contributed by atoms with van der Waals surface area (Å²) in [5, 5.41) is 3.57. The van der Waals surface area contributed by atoms with E-state index in [0.29, 0.717) is 0 Å². The Balaban J connectivity index is 1.71. The summed E-state index contributed by atoms with van der Waals surface area (Å²) in [6.07, 6.45) is 2.73. The first-order chi connectivity index (χ1) is 7.79. The number of likely N-dealkylation sites (N-methyl/N-ethyl adjacent to an activating group) is 1. The fourth-order valence-corrected chi connectivity index (χ4v) is 4.20. The molecule has 3 nitrogen and oxygen atoms in total. The Bertz CT molecular complexity index is 256. The van der Waals surface area contributed by atoms with E-state index in [1.807, 2.05) is 0 Å². The molecule has 1 N–H and O–H groups in total. The number of hydrogen-bond donors (Lipinski definition) is 1. The van der Waals surface area contributed by atoms with Gasteiger partial charge in [0.1, 0.15) is 0 Å². The second-order valence-corrected chi connectivity index (χ2v) is 5.96. The van der Waals surface area contributed by atoms with E-state index in [4.69, 9.17) is 0 Å². The molecule has 3 aliphatic heterocycles. The van der Waals surface area contributed by atoms with Gasteiger partial charge >= 0.3 is 0 Å². The number of rotatable bonds is 2. The van der Waals surface area contributed by atoms with Crippen molar-refractivity contribution in [1.29, 1.82) is 0 Å². The first-order valence-corrected chi connectivity index (χ1v) is 6.94. The predicted octanol–water partition coefficient (Wildman–Crippen LogP) is 0.620. The van der Waals surface area contributed by atoms with Gasteiger partial charge in [0.2, 0.25) is 0 Å². The molecule has 4 unspecified atom stereocenters. The lowest BCUT2D eigenvalue weighted by Gasteiger charge is -2.32. The van der Waals surface area contributed by atoms with Crippen molar-refractivity contribution in [3.05, 3.63) is 0 Å². The lowest BCUT2D eigenvalue weighted by Crippen LogP contribution is -2.43. The Kier molecular flexibility index (Phi) is 2.94. The van der Waals surface area contributed by atoms with Crippen molar-refractivity contribution in [3.8, 4) is 0 Å². The Morgan fingerprint density at radius 3 is 2.81 bits per heavy atom. The van der Waals surface area contributed by atoms with Gasteiger partial charge in [-0.3, -0.25) is 4.90 Å². The van der Waals surface area contributed by atoms with Crippen LogP contribution in [0.25, 0.3) is 0 Å². The highest BCUT2D eigenvalue weighted by Gasteiger charge is 2.46. The van der Waals surface area contributed by atoms with E-state index in [-0.39, 0.29) is 0 Å². The lowest BCUT2D eigenvalue weighted by atomic mass is 9.92. The predicted molar refractivity (Wildman–Crippen MR) is 66.5 cm³/mol. The number of hydrogen-bond acceptors (Lipinski definition) is 3. The zero-order chi connectivity index (χ0) is 11.1. The quantitative estimate of drug-likeness (QED) is 0.740. The van der Waals surface area contributed by atoms with E-state index >= 15 is 0 Å². The molecule has 0 saturated carbocycles. The molecule has 3 aliphatic rings. The van der Waals surface area contributed by atoms with Crippen LogP contribution < -0.4 is 5.32 Å². The van der Waals surface area contributed by atoms with Crippen molar-refractivity contribution in [2.45, 2.75) is 31.8 Å². The van der Waals surface area contributed by atoms with Gasteiger partial charge < -0.3 is 10.2 Å². The smallest absolute Gasteiger partial charge is 0.0238 e. The third-order valence-electron chi connectivity index (χ3n) is 5.01. The highest BCUT2D eigenvalue weighted by molar-refractivity contribution is 5.01. The van der Waals surface area contributed by atoms with Crippen LogP contribution in [0.5, 0.6) is 0 Å². The van der Waals surface area contributed by atoms with Crippen LogP contribution in [0.3, 0.4) is 0 Å². The summed E-state index contributed by atoms with van der Waals surface area (Å²) in [5.41, 5.74) is 0. The Morgan fingerprint density at radius 1 is 1.25 bits per heavy atom. The maximum atomic E-state index is 3.57. The number of fused-ring (bicyclic) bond motifs is 1. The van der Waals surface area contributed by atoms with E-state index in [1.54, 1.807) is 0 Å². The van der Waals surface area contributed by atoms with Crippen LogP contribution in [0.2, 0.25) is 0 Å². The van der Waals surface area contributed by atoms with Crippen LogP contribution >= 0.6 is 0 Å². The molecular formula is C13H25N3. The van der Waals surface area contributed by atoms with Gasteiger partial charge in [-0.1, -0.05) is 6.92 Å². The molecule has 3 heterocycles. The van der Waals surface area contributed by atoms with E-state index in [1.165, 1.54) is 45.6 Å². The van der Waals surface area contributed by atoms with Crippen molar-refractivity contribution < 1.29 is 0 Å². The number of nitrogens with one attached hydrogen (secondary N) is 1. The highest BCUT2D eigenvalue weighted by atomic mass is 15.3. The van der Waals surface area contributed by atoms with Gasteiger partial charge in [0.25, 0.3) is 0 Å². The molecule has 3 heteroatoms. The zero-order valence-corrected chi connectivity index (χ0v) is 10.7. The summed E-state index contributed by atoms with van der Waals surface area (Å²) in [6.45, 7) is 8.85. The highest BCUT2D eigenvalue weighted by Crippen LogP contribution is 2.36. The maximum Gasteiger partial charge on any atom is 0.0238 e. The molecule has 16 heavy (non-hydrogen) atoms. The average molecular weight is 223 g/mol. The van der Waals surface area contributed by atoms with Crippen LogP contribution in [-0.2, 0) is 0 Å². The molecule has 0 radical (unpaired) electrons. The van der Waals surface area contributed by atoms with E-state index in [2.05, 4.69) is 29.1 Å². The van der Waals surface area contributed by atoms with Crippen molar-refractivity contribution in [3.63, 3.8) is 0 Å². The monoisotopic (exact) mass is 223 g/mol. The van der Waals surface area contributed by atoms with Gasteiger partial charge in [-0.05, 0) is 51.4 Å². The van der Waals surface area contributed by atoms with Gasteiger partial charge in [-0.2, -0.15) is 0 Å². The van der Waals surface area contributed by atoms with Crippen LogP contribution in [0.1, 0.15) is 19.8 Å². The molecule has 0 aromatic rings. The van der Waals surface area contributed by atoms with Crippen molar-refractivity contribution in [1.82, 2.24) is 15.1 Å². The molecule has 3 rings (SSSR count). The molecule has 0 amide bonds. The summed E-state index contributed by atoms with van der Waals surface area (Å²) in [4.78, 5) is 5.34. The third-order valence-corrected chi connectivity index (χ3v) is 5.01. The summed E-state index contributed by atoms with van der Waals surface area (Å²) in [6, 6.07) is 1.71. The van der Waals surface area contributed by atoms with Crippen molar-refractivity contribution >= 4 is 0 Å². The minimum absolute atomic E-state index is 0.848. The Morgan fingerprint density at radius 2 is 2.12 bits per heavy atom. The third kappa shape index (κ3) is 1.69. The first kappa shape index (κ1) is 11.0. The molecular weight excluding hydrogens is 198 g/mol. The summed E-state index contributed by atoms with van der Waals surface area (Å²) >= 11 is 0. The van der Waals surface area contributed by atoms with E-state index in [0.717, 1.165) is 23.9 Å². The van der Waals surface area contributed by atoms with Gasteiger partial charge in [0.15, 0.2) is 0 Å². The van der Waals surface area contributed by atoms with Crippen LogP contribution in [0.15, 0.2) is 0 Å². The summed E-state index contributed by atoms with van der Waals surface area (Å²) < 4.78 is 0. The second kappa shape index (κ2) is 4.28. The molecule has 0 aliphatic carbocycles. The molecule has 0 spiro atoms. The fourth-order valence-electron chi connectivity index (χ4n) is 4.20. The van der Waals surface area contributed by atoms with Crippen LogP contribution in [0, 0.1) is 11.8 Å². The molecule has 0 bridgehead atoms. The fraction of sp³-hybridized carbons (Fsp3) is 1.00. The minimum atomic E-state index is 0.848. The van der Waals surface area contributed by atoms with Gasteiger partial charge in [-0.15, -0.1) is 0 Å². The van der Waals surface area contributed by atoms with E-state index in [9.17, 15) is 0 Å². The van der Waals surface area contributed by atoms with Crippen LogP contribution in [-0.4, -0.2) is 61.7 Å². The van der Waals surface area contributed by atoms with Crippen molar-refractivity contribution in [2.75, 3.05) is 39.8 Å². The standard InChI is InChI=1S/C13H25N3/c1-3-13-12-7-14-6-10(12)8-16(13)11-4-5-15(2)9-11/h10-14H,3-9H2,1-2H3. The molecule has 0 aromatic carbocycles. The second-order valence-electron chi connectivity index (χ2n) is 5.96. The topological polar surface area (TPSA) is 18.5 Å². The van der Waals surface area contributed by atoms with Gasteiger partial charge in [-0.25, -0.2) is 0 Å². The molecule has 92 valence electrons. The minimum Gasteiger partial charge on any atom is -0.316 e. The average Bonchev–Trinajstić information content (AvgIpc) is 2.90. The lowest BCUT2D eigenvalue weighted by molar-refractivity contribution is 0.157. The zero-order valence-electron chi connectivity index (χ0n) is 10.7. The van der Waals surface area contributed by atoms with Gasteiger partial charge in [0.05, 0.1) is 0 Å². The first-order valence-electron chi connectivity index (χ1n) is 6.94. The molecule has 3 saturated heterocycles.